The minimum Gasteiger partial charge on any atom is -0.398 e. The summed E-state index contributed by atoms with van der Waals surface area (Å²) >= 11 is 3.30. The Morgan fingerprint density at radius 1 is 1.33 bits per heavy atom. The number of carbonyl (C=O) groups is 1. The molecule has 0 bridgehead atoms. The maximum absolute atomic E-state index is 12.2. The highest BCUT2D eigenvalue weighted by molar-refractivity contribution is 9.10. The maximum atomic E-state index is 12.2. The fourth-order valence-corrected chi connectivity index (χ4v) is 1.59. The standard InChI is InChI=1S/C13H19BrN2O2/c1-12(2,13(3,4)18)16-11(17)9-7-8(14)5-6-10(9)15/h5-7,18H,15H2,1-4H3,(H,16,17). The van der Waals surface area contributed by atoms with Crippen molar-refractivity contribution in [1.82, 2.24) is 5.32 Å². The van der Waals surface area contributed by atoms with E-state index in [9.17, 15) is 9.90 Å². The number of hydrogen-bond acceptors (Lipinski definition) is 3. The second kappa shape index (κ2) is 4.90. The predicted molar refractivity (Wildman–Crippen MR) is 76.4 cm³/mol. The molecule has 0 saturated carbocycles. The average Bonchev–Trinajstić information content (AvgIpc) is 2.19. The number of nitrogens with one attached hydrogen (secondary N) is 1. The Kier molecular flexibility index (Phi) is 4.08. The molecule has 4 nitrogen and oxygen atoms in total. The van der Waals surface area contributed by atoms with Gasteiger partial charge in [-0.2, -0.15) is 0 Å². The lowest BCUT2D eigenvalue weighted by Crippen LogP contribution is -2.57. The van der Waals surface area contributed by atoms with Gasteiger partial charge in [-0.25, -0.2) is 0 Å². The molecule has 0 radical (unpaired) electrons. The van der Waals surface area contributed by atoms with Gasteiger partial charge in [-0.3, -0.25) is 4.79 Å². The number of hydrogen-bond donors (Lipinski definition) is 3. The lowest BCUT2D eigenvalue weighted by Gasteiger charge is -2.38. The summed E-state index contributed by atoms with van der Waals surface area (Å²) in [6.07, 6.45) is 0. The predicted octanol–water partition coefficient (Wildman–Crippen LogP) is 2.31. The van der Waals surface area contributed by atoms with Crippen LogP contribution in [0.25, 0.3) is 0 Å². The summed E-state index contributed by atoms with van der Waals surface area (Å²) in [7, 11) is 0. The van der Waals surface area contributed by atoms with E-state index in [2.05, 4.69) is 21.2 Å². The normalized spacial score (nSPS) is 12.3. The van der Waals surface area contributed by atoms with Crippen LogP contribution in [0.15, 0.2) is 22.7 Å². The molecule has 0 heterocycles. The molecule has 0 spiro atoms. The van der Waals surface area contributed by atoms with Crippen LogP contribution in [-0.2, 0) is 0 Å². The molecule has 0 atom stereocenters. The van der Waals surface area contributed by atoms with Gasteiger partial charge in [-0.15, -0.1) is 0 Å². The first kappa shape index (κ1) is 15.0. The fraction of sp³-hybridized carbons (Fsp3) is 0.462. The number of halogens is 1. The van der Waals surface area contributed by atoms with E-state index < -0.39 is 11.1 Å². The van der Waals surface area contributed by atoms with Crippen LogP contribution >= 0.6 is 15.9 Å². The van der Waals surface area contributed by atoms with Crippen molar-refractivity contribution in [2.24, 2.45) is 0 Å². The SMILES string of the molecule is CC(C)(O)C(C)(C)NC(=O)c1cc(Br)ccc1N. The molecular weight excluding hydrogens is 296 g/mol. The van der Waals surface area contributed by atoms with Crippen LogP contribution in [0, 0.1) is 0 Å². The number of carbonyl (C=O) groups excluding carboxylic acids is 1. The van der Waals surface area contributed by atoms with Gasteiger partial charge in [0.15, 0.2) is 0 Å². The van der Waals surface area contributed by atoms with E-state index in [-0.39, 0.29) is 5.91 Å². The highest BCUT2D eigenvalue weighted by atomic mass is 79.9. The largest absolute Gasteiger partial charge is 0.398 e. The van der Waals surface area contributed by atoms with Crippen LogP contribution in [0.1, 0.15) is 38.1 Å². The maximum Gasteiger partial charge on any atom is 0.253 e. The summed E-state index contributed by atoms with van der Waals surface area (Å²) in [6.45, 7) is 6.83. The van der Waals surface area contributed by atoms with Gasteiger partial charge >= 0.3 is 0 Å². The van der Waals surface area contributed by atoms with E-state index in [1.165, 1.54) is 0 Å². The number of benzene rings is 1. The minimum atomic E-state index is -1.04. The monoisotopic (exact) mass is 314 g/mol. The zero-order valence-corrected chi connectivity index (χ0v) is 12.6. The first-order chi connectivity index (χ1) is 8.04. The van der Waals surface area contributed by atoms with Gasteiger partial charge in [-0.05, 0) is 45.9 Å². The Morgan fingerprint density at radius 3 is 2.39 bits per heavy atom. The Balaban J connectivity index is 3.00. The quantitative estimate of drug-likeness (QED) is 0.749. The highest BCUT2D eigenvalue weighted by Crippen LogP contribution is 2.23. The molecule has 100 valence electrons. The van der Waals surface area contributed by atoms with Gasteiger partial charge in [0, 0.05) is 10.2 Å². The minimum absolute atomic E-state index is 0.305. The molecule has 0 fully saturated rings. The molecule has 0 aromatic heterocycles. The van der Waals surface area contributed by atoms with Crippen molar-refractivity contribution >= 4 is 27.5 Å². The number of rotatable bonds is 3. The third-order valence-electron chi connectivity index (χ3n) is 3.22. The third kappa shape index (κ3) is 3.23. The van der Waals surface area contributed by atoms with Gasteiger partial charge in [-0.1, -0.05) is 15.9 Å². The van der Waals surface area contributed by atoms with Crippen LogP contribution in [0.4, 0.5) is 5.69 Å². The third-order valence-corrected chi connectivity index (χ3v) is 3.71. The van der Waals surface area contributed by atoms with Gasteiger partial charge in [0.25, 0.3) is 5.91 Å². The van der Waals surface area contributed by atoms with Crippen LogP contribution in [-0.4, -0.2) is 22.2 Å². The molecule has 5 heteroatoms. The van der Waals surface area contributed by atoms with Crippen LogP contribution in [0.2, 0.25) is 0 Å². The van der Waals surface area contributed by atoms with Crippen LogP contribution < -0.4 is 11.1 Å². The molecule has 1 aromatic rings. The number of nitrogen functional groups attached to an aromatic ring is 1. The second-order valence-corrected chi connectivity index (χ2v) is 6.29. The first-order valence-corrected chi connectivity index (χ1v) is 6.44. The first-order valence-electron chi connectivity index (χ1n) is 5.64. The molecule has 0 aliphatic carbocycles. The molecule has 18 heavy (non-hydrogen) atoms. The second-order valence-electron chi connectivity index (χ2n) is 5.37. The Bertz CT molecular complexity index is 465. The molecule has 0 saturated heterocycles. The Hall–Kier alpha value is -1.07. The van der Waals surface area contributed by atoms with Gasteiger partial charge in [0.05, 0.1) is 16.7 Å². The van der Waals surface area contributed by atoms with E-state index in [1.54, 1.807) is 45.9 Å². The van der Waals surface area contributed by atoms with Crippen molar-refractivity contribution in [1.29, 1.82) is 0 Å². The summed E-state index contributed by atoms with van der Waals surface area (Å²) < 4.78 is 0.780. The lowest BCUT2D eigenvalue weighted by atomic mass is 9.85. The fourth-order valence-electron chi connectivity index (χ4n) is 1.23. The molecule has 0 aliphatic rings. The van der Waals surface area contributed by atoms with Crippen molar-refractivity contribution in [3.63, 3.8) is 0 Å². The van der Waals surface area contributed by atoms with Gasteiger partial charge in [0.2, 0.25) is 0 Å². The summed E-state index contributed by atoms with van der Waals surface area (Å²) in [6, 6.07) is 5.09. The zero-order chi connectivity index (χ0) is 14.1. The van der Waals surface area contributed by atoms with E-state index in [4.69, 9.17) is 5.73 Å². The highest BCUT2D eigenvalue weighted by Gasteiger charge is 2.36. The summed E-state index contributed by atoms with van der Waals surface area (Å²) in [5, 5.41) is 12.8. The van der Waals surface area contributed by atoms with E-state index in [0.717, 1.165) is 4.47 Å². The lowest BCUT2D eigenvalue weighted by molar-refractivity contribution is -0.00291. The molecule has 1 amide bonds. The smallest absolute Gasteiger partial charge is 0.253 e. The van der Waals surface area contributed by atoms with E-state index >= 15 is 0 Å². The summed E-state index contributed by atoms with van der Waals surface area (Å²) in [5.74, 6) is -0.305. The summed E-state index contributed by atoms with van der Waals surface area (Å²) in [5.41, 5.74) is 4.77. The van der Waals surface area contributed by atoms with Crippen LogP contribution in [0.5, 0.6) is 0 Å². The van der Waals surface area contributed by atoms with Crippen molar-refractivity contribution in [2.45, 2.75) is 38.8 Å². The molecule has 4 N–H and O–H groups in total. The van der Waals surface area contributed by atoms with Crippen LogP contribution in [0.3, 0.4) is 0 Å². The Labute approximate surface area is 116 Å². The van der Waals surface area contributed by atoms with Crippen molar-refractivity contribution < 1.29 is 9.90 Å². The number of anilines is 1. The van der Waals surface area contributed by atoms with Crippen molar-refractivity contribution in [3.05, 3.63) is 28.2 Å². The van der Waals surface area contributed by atoms with Crippen molar-refractivity contribution in [2.75, 3.05) is 5.73 Å². The molecule has 0 aliphatic heterocycles. The molecule has 0 unspecified atom stereocenters. The summed E-state index contributed by atoms with van der Waals surface area (Å²) in [4.78, 5) is 12.2. The molecule has 1 aromatic carbocycles. The van der Waals surface area contributed by atoms with E-state index in [0.29, 0.717) is 11.3 Å². The number of aliphatic hydroxyl groups is 1. The Morgan fingerprint density at radius 2 is 1.89 bits per heavy atom. The molecule has 1 rings (SSSR count). The van der Waals surface area contributed by atoms with Gasteiger partial charge in [0.1, 0.15) is 0 Å². The topological polar surface area (TPSA) is 75.3 Å². The van der Waals surface area contributed by atoms with E-state index in [1.807, 2.05) is 0 Å². The zero-order valence-electron chi connectivity index (χ0n) is 11.0. The number of amides is 1. The average molecular weight is 315 g/mol. The number of nitrogens with two attached hydrogens (primary N) is 1. The molecular formula is C13H19BrN2O2. The van der Waals surface area contributed by atoms with Crippen molar-refractivity contribution in [3.8, 4) is 0 Å². The van der Waals surface area contributed by atoms with Gasteiger partial charge < -0.3 is 16.2 Å².